The molecule has 1 N–H and O–H groups in total. The highest BCUT2D eigenvalue weighted by molar-refractivity contribution is 9.10. The van der Waals surface area contributed by atoms with Gasteiger partial charge in [-0.3, -0.25) is 9.78 Å². The molecule has 0 aromatic carbocycles. The van der Waals surface area contributed by atoms with E-state index >= 15 is 0 Å². The molecule has 0 bridgehead atoms. The van der Waals surface area contributed by atoms with Gasteiger partial charge < -0.3 is 5.11 Å². The second-order valence-electron chi connectivity index (χ2n) is 4.78. The number of carboxylic acids is 1. The molecule has 20 heavy (non-hydrogen) atoms. The zero-order valence-electron chi connectivity index (χ0n) is 10.7. The standard InChI is InChI=1S/C12H15BrN2O4S/c13-10-6-11(8-14-7-10)20(18,19)15-3-1-9(2-4-15)5-12(16)17/h6-9H,1-5H2,(H,16,17). The minimum absolute atomic E-state index is 0.0552. The zero-order chi connectivity index (χ0) is 14.8. The molecule has 110 valence electrons. The molecule has 0 saturated carbocycles. The first-order valence-corrected chi connectivity index (χ1v) is 8.45. The van der Waals surface area contributed by atoms with Crippen molar-refractivity contribution in [3.8, 4) is 0 Å². The predicted molar refractivity (Wildman–Crippen MR) is 75.7 cm³/mol. The minimum Gasteiger partial charge on any atom is -0.481 e. The first-order chi connectivity index (χ1) is 9.39. The maximum atomic E-state index is 12.4. The molecule has 0 radical (unpaired) electrons. The molecular weight excluding hydrogens is 348 g/mol. The van der Waals surface area contributed by atoms with Crippen molar-refractivity contribution in [3.63, 3.8) is 0 Å². The molecule has 1 aliphatic heterocycles. The lowest BCUT2D eigenvalue weighted by molar-refractivity contribution is -0.138. The zero-order valence-corrected chi connectivity index (χ0v) is 13.1. The van der Waals surface area contributed by atoms with Gasteiger partial charge in [0.2, 0.25) is 10.0 Å². The third-order valence-corrected chi connectivity index (χ3v) is 5.65. The second-order valence-corrected chi connectivity index (χ2v) is 7.64. The van der Waals surface area contributed by atoms with E-state index in [1.165, 1.54) is 22.8 Å². The summed E-state index contributed by atoms with van der Waals surface area (Å²) in [5, 5.41) is 8.75. The minimum atomic E-state index is -3.54. The van der Waals surface area contributed by atoms with Crippen LogP contribution in [0.2, 0.25) is 0 Å². The number of hydrogen-bond donors (Lipinski definition) is 1. The molecule has 0 atom stereocenters. The fourth-order valence-corrected chi connectivity index (χ4v) is 4.26. The van der Waals surface area contributed by atoms with Gasteiger partial charge in [-0.05, 0) is 40.8 Å². The van der Waals surface area contributed by atoms with Gasteiger partial charge in [-0.1, -0.05) is 0 Å². The summed E-state index contributed by atoms with van der Waals surface area (Å²) < 4.78 is 26.8. The number of hydrogen-bond acceptors (Lipinski definition) is 4. The SMILES string of the molecule is O=C(O)CC1CCN(S(=O)(=O)c2cncc(Br)c2)CC1. The van der Waals surface area contributed by atoms with Gasteiger partial charge in [0.15, 0.2) is 0 Å². The Bertz CT molecular complexity index is 597. The maximum absolute atomic E-state index is 12.4. The summed E-state index contributed by atoms with van der Waals surface area (Å²) in [7, 11) is -3.54. The number of sulfonamides is 1. The van der Waals surface area contributed by atoms with E-state index in [1.54, 1.807) is 0 Å². The highest BCUT2D eigenvalue weighted by Gasteiger charge is 2.30. The van der Waals surface area contributed by atoms with Crippen molar-refractivity contribution >= 4 is 31.9 Å². The van der Waals surface area contributed by atoms with Crippen LogP contribution in [-0.2, 0) is 14.8 Å². The Morgan fingerprint density at radius 2 is 2.05 bits per heavy atom. The summed E-state index contributed by atoms with van der Waals surface area (Å²) >= 11 is 3.20. The lowest BCUT2D eigenvalue weighted by Crippen LogP contribution is -2.38. The molecule has 1 fully saturated rings. The summed E-state index contributed by atoms with van der Waals surface area (Å²) in [4.78, 5) is 14.7. The van der Waals surface area contributed by atoms with Gasteiger partial charge >= 0.3 is 5.97 Å². The summed E-state index contributed by atoms with van der Waals surface area (Å²) in [5.74, 6) is -0.776. The number of carboxylic acid groups (broad SMARTS) is 1. The maximum Gasteiger partial charge on any atom is 0.303 e. The van der Waals surface area contributed by atoms with E-state index in [-0.39, 0.29) is 17.2 Å². The average Bonchev–Trinajstić information content (AvgIpc) is 2.38. The summed E-state index contributed by atoms with van der Waals surface area (Å²) in [5.41, 5.74) is 0. The van der Waals surface area contributed by atoms with Crippen LogP contribution >= 0.6 is 15.9 Å². The largest absolute Gasteiger partial charge is 0.481 e. The molecule has 0 spiro atoms. The molecule has 0 unspecified atom stereocenters. The van der Waals surface area contributed by atoms with Gasteiger partial charge in [0.25, 0.3) is 0 Å². The van der Waals surface area contributed by atoms with Crippen LogP contribution in [0.4, 0.5) is 0 Å². The fourth-order valence-electron chi connectivity index (χ4n) is 2.28. The highest BCUT2D eigenvalue weighted by Crippen LogP contribution is 2.26. The molecule has 0 aliphatic carbocycles. The summed E-state index contributed by atoms with van der Waals surface area (Å²) in [6.07, 6.45) is 4.10. The topological polar surface area (TPSA) is 87.6 Å². The Morgan fingerprint density at radius 3 is 2.60 bits per heavy atom. The van der Waals surface area contributed by atoms with E-state index < -0.39 is 16.0 Å². The monoisotopic (exact) mass is 362 g/mol. The summed E-state index contributed by atoms with van der Waals surface area (Å²) in [6.45, 7) is 0.708. The Kier molecular flexibility index (Phi) is 4.77. The normalized spacial score (nSPS) is 18.1. The van der Waals surface area contributed by atoms with Crippen LogP contribution in [0.3, 0.4) is 0 Å². The highest BCUT2D eigenvalue weighted by atomic mass is 79.9. The van der Waals surface area contributed by atoms with E-state index in [4.69, 9.17) is 5.11 Å². The number of pyridine rings is 1. The van der Waals surface area contributed by atoms with Crippen molar-refractivity contribution in [2.75, 3.05) is 13.1 Å². The molecule has 1 aromatic heterocycles. The van der Waals surface area contributed by atoms with Crippen LogP contribution < -0.4 is 0 Å². The van der Waals surface area contributed by atoms with Crippen LogP contribution in [0.15, 0.2) is 27.8 Å². The molecule has 1 aliphatic rings. The number of piperidine rings is 1. The molecule has 1 saturated heterocycles. The first-order valence-electron chi connectivity index (χ1n) is 6.22. The van der Waals surface area contributed by atoms with E-state index in [0.29, 0.717) is 30.4 Å². The van der Waals surface area contributed by atoms with Crippen molar-refractivity contribution in [3.05, 3.63) is 22.9 Å². The van der Waals surface area contributed by atoms with Gasteiger partial charge in [0.05, 0.1) is 0 Å². The fraction of sp³-hybridized carbons (Fsp3) is 0.500. The van der Waals surface area contributed by atoms with E-state index in [0.717, 1.165) is 0 Å². The number of carbonyl (C=O) groups is 1. The molecule has 0 amide bonds. The lowest BCUT2D eigenvalue weighted by Gasteiger charge is -2.30. The number of nitrogens with zero attached hydrogens (tertiary/aromatic N) is 2. The number of aromatic nitrogens is 1. The lowest BCUT2D eigenvalue weighted by atomic mass is 9.95. The first kappa shape index (κ1) is 15.4. The number of rotatable bonds is 4. The van der Waals surface area contributed by atoms with Crippen LogP contribution in [0, 0.1) is 5.92 Å². The van der Waals surface area contributed by atoms with Crippen molar-refractivity contribution in [2.45, 2.75) is 24.2 Å². The van der Waals surface area contributed by atoms with Gasteiger partial charge in [-0.15, -0.1) is 0 Å². The van der Waals surface area contributed by atoms with Crippen LogP contribution in [0.5, 0.6) is 0 Å². The van der Waals surface area contributed by atoms with Gasteiger partial charge in [-0.2, -0.15) is 4.31 Å². The quantitative estimate of drug-likeness (QED) is 0.880. The molecule has 8 heteroatoms. The van der Waals surface area contributed by atoms with Gasteiger partial charge in [0, 0.05) is 36.4 Å². The predicted octanol–water partition coefficient (Wildman–Crippen LogP) is 1.72. The number of halogens is 1. The van der Waals surface area contributed by atoms with Crippen molar-refractivity contribution in [2.24, 2.45) is 5.92 Å². The Labute approximate surface area is 126 Å². The van der Waals surface area contributed by atoms with Crippen LogP contribution in [0.25, 0.3) is 0 Å². The molecule has 1 aromatic rings. The van der Waals surface area contributed by atoms with Crippen LogP contribution in [-0.4, -0.2) is 41.9 Å². The Morgan fingerprint density at radius 1 is 1.40 bits per heavy atom. The Hall–Kier alpha value is -0.990. The van der Waals surface area contributed by atoms with Crippen molar-refractivity contribution < 1.29 is 18.3 Å². The van der Waals surface area contributed by atoms with E-state index in [2.05, 4.69) is 20.9 Å². The smallest absolute Gasteiger partial charge is 0.303 e. The van der Waals surface area contributed by atoms with Crippen molar-refractivity contribution in [1.82, 2.24) is 9.29 Å². The Balaban J connectivity index is 2.08. The van der Waals surface area contributed by atoms with E-state index in [9.17, 15) is 13.2 Å². The molecular formula is C12H15BrN2O4S. The van der Waals surface area contributed by atoms with Gasteiger partial charge in [0.1, 0.15) is 4.90 Å². The third kappa shape index (κ3) is 3.56. The van der Waals surface area contributed by atoms with Gasteiger partial charge in [-0.25, -0.2) is 8.42 Å². The molecule has 2 rings (SSSR count). The molecule has 6 nitrogen and oxygen atoms in total. The van der Waals surface area contributed by atoms with Crippen LogP contribution in [0.1, 0.15) is 19.3 Å². The summed E-state index contributed by atoms with van der Waals surface area (Å²) in [6, 6.07) is 1.52. The third-order valence-electron chi connectivity index (χ3n) is 3.35. The van der Waals surface area contributed by atoms with Crippen molar-refractivity contribution in [1.29, 1.82) is 0 Å². The van der Waals surface area contributed by atoms with E-state index in [1.807, 2.05) is 0 Å². The average molecular weight is 363 g/mol. The number of aliphatic carboxylic acids is 1. The molecule has 2 heterocycles. The second kappa shape index (κ2) is 6.19.